The molecule has 4 heteroatoms. The van der Waals surface area contributed by atoms with Crippen molar-refractivity contribution in [3.8, 4) is 0 Å². The Morgan fingerprint density at radius 3 is 2.36 bits per heavy atom. The monoisotopic (exact) mass is 388 g/mol. The number of carbonyl (C=O) groups is 1. The quantitative estimate of drug-likeness (QED) is 0.387. The summed E-state index contributed by atoms with van der Waals surface area (Å²) in [5.74, 6) is -1.57. The predicted molar refractivity (Wildman–Crippen MR) is 111 cm³/mol. The summed E-state index contributed by atoms with van der Waals surface area (Å²) in [4.78, 5) is 11.5. The molecule has 154 valence electrons. The Balaban J connectivity index is 1.84. The van der Waals surface area contributed by atoms with Gasteiger partial charge in [-0.3, -0.25) is 0 Å². The van der Waals surface area contributed by atoms with Gasteiger partial charge in [-0.1, -0.05) is 88.6 Å². The van der Waals surface area contributed by atoms with E-state index >= 15 is 4.39 Å². The Bertz CT molecular complexity index is 653. The highest BCUT2D eigenvalue weighted by Crippen LogP contribution is 2.35. The number of ether oxygens (including phenoxy) is 1. The zero-order chi connectivity index (χ0) is 20.2. The van der Waals surface area contributed by atoms with Gasteiger partial charge in [-0.15, -0.1) is 0 Å². The van der Waals surface area contributed by atoms with E-state index < -0.39 is 17.6 Å². The molecular weight excluding hydrogens is 355 g/mol. The summed E-state index contributed by atoms with van der Waals surface area (Å²) in [7, 11) is 0. The number of alkyl halides is 1. The summed E-state index contributed by atoms with van der Waals surface area (Å²) in [5.41, 5.74) is -1.33. The molecule has 28 heavy (non-hydrogen) atoms. The lowest BCUT2D eigenvalue weighted by molar-refractivity contribution is -0.150. The lowest BCUT2D eigenvalue weighted by atomic mass is 9.81. The predicted octanol–water partition coefficient (Wildman–Crippen LogP) is 6.60. The Kier molecular flexibility index (Phi) is 9.26. The molecule has 0 fully saturated rings. The van der Waals surface area contributed by atoms with Crippen molar-refractivity contribution in [2.75, 3.05) is 0 Å². The van der Waals surface area contributed by atoms with E-state index in [1.54, 1.807) is 6.08 Å². The Morgan fingerprint density at radius 1 is 1.07 bits per heavy atom. The minimum atomic E-state index is -2.35. The molecule has 0 radical (unpaired) electrons. The SMILES string of the molecule is CCCCCCCCCCC1C=C(OCc2ccccc2)C=CC1(F)C(=O)O. The summed E-state index contributed by atoms with van der Waals surface area (Å²) >= 11 is 0. The maximum absolute atomic E-state index is 15.0. The summed E-state index contributed by atoms with van der Waals surface area (Å²) in [6.07, 6.45) is 14.0. The normalized spacial score (nSPS) is 21.4. The lowest BCUT2D eigenvalue weighted by Crippen LogP contribution is -2.40. The van der Waals surface area contributed by atoms with E-state index in [1.807, 2.05) is 30.3 Å². The zero-order valence-electron chi connectivity index (χ0n) is 16.9. The molecule has 1 N–H and O–H groups in total. The molecule has 0 aliphatic heterocycles. The molecule has 0 heterocycles. The lowest BCUT2D eigenvalue weighted by Gasteiger charge is -2.29. The van der Waals surface area contributed by atoms with E-state index in [9.17, 15) is 9.90 Å². The molecule has 1 aliphatic rings. The molecule has 0 spiro atoms. The van der Waals surface area contributed by atoms with Crippen LogP contribution in [-0.2, 0) is 16.1 Å². The highest BCUT2D eigenvalue weighted by Gasteiger charge is 2.45. The molecule has 3 nitrogen and oxygen atoms in total. The number of rotatable bonds is 13. The standard InChI is InChI=1S/C24H33FO3/c1-2-3-4-5-6-7-8-12-15-21-18-22(16-17-24(21,25)23(26)27)28-19-20-13-10-9-11-14-20/h9-11,13-14,16-18,21H,2-8,12,15,19H2,1H3,(H,26,27). The van der Waals surface area contributed by atoms with Gasteiger partial charge in [-0.25, -0.2) is 9.18 Å². The fourth-order valence-corrected chi connectivity index (χ4v) is 3.56. The molecule has 0 amide bonds. The number of hydrogen-bond acceptors (Lipinski definition) is 2. The number of benzene rings is 1. The first kappa shape index (κ1) is 22.2. The van der Waals surface area contributed by atoms with Gasteiger partial charge in [0.1, 0.15) is 12.4 Å². The molecule has 1 aromatic carbocycles. The van der Waals surface area contributed by atoms with Crippen LogP contribution in [0.25, 0.3) is 0 Å². The average molecular weight is 389 g/mol. The molecule has 0 saturated heterocycles. The van der Waals surface area contributed by atoms with E-state index in [4.69, 9.17) is 4.74 Å². The summed E-state index contributed by atoms with van der Waals surface area (Å²) < 4.78 is 20.8. The second-order valence-electron chi connectivity index (χ2n) is 7.62. The maximum Gasteiger partial charge on any atom is 0.346 e. The Labute approximate surface area is 168 Å². The van der Waals surface area contributed by atoms with E-state index in [-0.39, 0.29) is 0 Å². The van der Waals surface area contributed by atoms with Crippen LogP contribution in [0, 0.1) is 5.92 Å². The fraction of sp³-hybridized carbons (Fsp3) is 0.542. The van der Waals surface area contributed by atoms with Gasteiger partial charge >= 0.3 is 5.97 Å². The number of hydrogen-bond donors (Lipinski definition) is 1. The van der Waals surface area contributed by atoms with Crippen molar-refractivity contribution in [1.82, 2.24) is 0 Å². The van der Waals surface area contributed by atoms with Crippen LogP contribution in [0.3, 0.4) is 0 Å². The smallest absolute Gasteiger partial charge is 0.346 e. The van der Waals surface area contributed by atoms with Crippen LogP contribution in [0.1, 0.15) is 70.3 Å². The van der Waals surface area contributed by atoms with Crippen molar-refractivity contribution < 1.29 is 19.0 Å². The zero-order valence-corrected chi connectivity index (χ0v) is 16.9. The maximum atomic E-state index is 15.0. The van der Waals surface area contributed by atoms with Gasteiger partial charge in [0.05, 0.1) is 0 Å². The van der Waals surface area contributed by atoms with Crippen LogP contribution in [-0.4, -0.2) is 16.7 Å². The first-order valence-electron chi connectivity index (χ1n) is 10.6. The van der Waals surface area contributed by atoms with Gasteiger partial charge in [0.2, 0.25) is 5.67 Å². The molecule has 0 aromatic heterocycles. The van der Waals surface area contributed by atoms with Gasteiger partial charge in [-0.05, 0) is 30.2 Å². The number of aliphatic carboxylic acids is 1. The number of allylic oxidation sites excluding steroid dienone is 2. The number of carboxylic acid groups (broad SMARTS) is 1. The van der Waals surface area contributed by atoms with Gasteiger partial charge in [0.15, 0.2) is 0 Å². The van der Waals surface area contributed by atoms with Crippen LogP contribution < -0.4 is 0 Å². The minimum absolute atomic E-state index is 0.383. The third kappa shape index (κ3) is 6.81. The van der Waals surface area contributed by atoms with E-state index in [1.165, 1.54) is 38.2 Å². The molecule has 1 aliphatic carbocycles. The van der Waals surface area contributed by atoms with Crippen LogP contribution in [0.15, 0.2) is 54.3 Å². The van der Waals surface area contributed by atoms with Crippen molar-refractivity contribution in [1.29, 1.82) is 0 Å². The summed E-state index contributed by atoms with van der Waals surface area (Å²) in [6, 6.07) is 9.73. The number of halogens is 1. The third-order valence-electron chi connectivity index (χ3n) is 5.34. The van der Waals surface area contributed by atoms with Crippen molar-refractivity contribution >= 4 is 5.97 Å². The van der Waals surface area contributed by atoms with Crippen LogP contribution in [0.2, 0.25) is 0 Å². The van der Waals surface area contributed by atoms with Gasteiger partial charge in [-0.2, -0.15) is 0 Å². The molecule has 0 bridgehead atoms. The van der Waals surface area contributed by atoms with Crippen LogP contribution in [0.4, 0.5) is 4.39 Å². The Morgan fingerprint density at radius 2 is 1.71 bits per heavy atom. The molecule has 2 unspecified atom stereocenters. The summed E-state index contributed by atoms with van der Waals surface area (Å²) in [5, 5.41) is 9.39. The second kappa shape index (κ2) is 11.7. The Hall–Kier alpha value is -2.10. The van der Waals surface area contributed by atoms with Crippen LogP contribution >= 0.6 is 0 Å². The van der Waals surface area contributed by atoms with Crippen molar-refractivity contribution in [3.05, 3.63) is 59.9 Å². The topological polar surface area (TPSA) is 46.5 Å². The van der Waals surface area contributed by atoms with Gasteiger partial charge in [0.25, 0.3) is 0 Å². The highest BCUT2D eigenvalue weighted by atomic mass is 19.1. The van der Waals surface area contributed by atoms with E-state index in [0.29, 0.717) is 18.8 Å². The highest BCUT2D eigenvalue weighted by molar-refractivity contribution is 5.81. The third-order valence-corrected chi connectivity index (χ3v) is 5.34. The molecule has 2 rings (SSSR count). The van der Waals surface area contributed by atoms with Gasteiger partial charge in [0, 0.05) is 5.92 Å². The van der Waals surface area contributed by atoms with Gasteiger partial charge < -0.3 is 9.84 Å². The van der Waals surface area contributed by atoms with Crippen molar-refractivity contribution in [2.24, 2.45) is 5.92 Å². The molecule has 2 atom stereocenters. The summed E-state index contributed by atoms with van der Waals surface area (Å²) in [6.45, 7) is 2.59. The molecular formula is C24H33FO3. The van der Waals surface area contributed by atoms with Crippen molar-refractivity contribution in [2.45, 2.75) is 77.0 Å². The van der Waals surface area contributed by atoms with E-state index in [0.717, 1.165) is 30.9 Å². The minimum Gasteiger partial charge on any atom is -0.489 e. The van der Waals surface area contributed by atoms with Crippen molar-refractivity contribution in [3.63, 3.8) is 0 Å². The first-order valence-corrected chi connectivity index (χ1v) is 10.6. The second-order valence-corrected chi connectivity index (χ2v) is 7.62. The molecule has 1 aromatic rings. The average Bonchev–Trinajstić information content (AvgIpc) is 2.71. The number of unbranched alkanes of at least 4 members (excludes halogenated alkanes) is 7. The first-order chi connectivity index (χ1) is 13.6. The van der Waals surface area contributed by atoms with E-state index in [2.05, 4.69) is 6.92 Å². The molecule has 0 saturated carbocycles. The van der Waals surface area contributed by atoms with Crippen LogP contribution in [0.5, 0.6) is 0 Å². The fourth-order valence-electron chi connectivity index (χ4n) is 3.56. The largest absolute Gasteiger partial charge is 0.489 e. The number of carboxylic acids is 1.